The topological polar surface area (TPSA) is 111 Å². The van der Waals surface area contributed by atoms with Crippen LogP contribution in [0.2, 0.25) is 0 Å². The van der Waals surface area contributed by atoms with Gasteiger partial charge in [0, 0.05) is 11.4 Å². The lowest BCUT2D eigenvalue weighted by molar-refractivity contribution is -0.123. The summed E-state index contributed by atoms with van der Waals surface area (Å²) in [5.41, 5.74) is 1.30. The summed E-state index contributed by atoms with van der Waals surface area (Å²) >= 11 is 0. The van der Waals surface area contributed by atoms with Gasteiger partial charge in [-0.25, -0.2) is 14.6 Å². The van der Waals surface area contributed by atoms with Gasteiger partial charge in [0.1, 0.15) is 5.69 Å². The van der Waals surface area contributed by atoms with Crippen LogP contribution in [0.4, 0.5) is 4.79 Å². The van der Waals surface area contributed by atoms with E-state index in [1.807, 2.05) is 0 Å². The van der Waals surface area contributed by atoms with E-state index < -0.39 is 24.5 Å². The summed E-state index contributed by atoms with van der Waals surface area (Å²) in [5, 5.41) is 5.19. The number of rotatable bonds is 5. The number of urea groups is 1. The first kappa shape index (κ1) is 19.1. The minimum Gasteiger partial charge on any atom is -0.463 e. The molecule has 3 amide bonds. The molecule has 8 nitrogen and oxygen atoms in total. The van der Waals surface area contributed by atoms with Crippen LogP contribution in [0.1, 0.15) is 24.2 Å². The Labute approximate surface area is 160 Å². The van der Waals surface area contributed by atoms with E-state index in [0.717, 1.165) is 0 Å². The van der Waals surface area contributed by atoms with Crippen molar-refractivity contribution in [2.24, 2.45) is 0 Å². The molecule has 0 unspecified atom stereocenters. The van der Waals surface area contributed by atoms with Crippen molar-refractivity contribution >= 4 is 28.8 Å². The van der Waals surface area contributed by atoms with Gasteiger partial charge in [0.25, 0.3) is 5.91 Å². The number of pyridine rings is 1. The highest BCUT2D eigenvalue weighted by Crippen LogP contribution is 2.25. The molecule has 1 aromatic carbocycles. The van der Waals surface area contributed by atoms with Gasteiger partial charge in [0.15, 0.2) is 12.4 Å². The maximum absolute atomic E-state index is 12.6. The number of aromatic nitrogens is 1. The van der Waals surface area contributed by atoms with Crippen LogP contribution in [0.15, 0.2) is 53.1 Å². The summed E-state index contributed by atoms with van der Waals surface area (Å²) in [6.45, 7) is 2.93. The zero-order chi connectivity index (χ0) is 20.1. The maximum atomic E-state index is 12.6. The molecule has 2 heterocycles. The van der Waals surface area contributed by atoms with Gasteiger partial charge in [-0.15, -0.1) is 0 Å². The monoisotopic (exact) mass is 381 g/mol. The Morgan fingerprint density at radius 1 is 1.14 bits per heavy atom. The largest absolute Gasteiger partial charge is 0.463 e. The fourth-order valence-electron chi connectivity index (χ4n) is 2.56. The van der Waals surface area contributed by atoms with Crippen molar-refractivity contribution in [3.8, 4) is 11.5 Å². The lowest BCUT2D eigenvalue weighted by atomic mass is 10.1. The minimum atomic E-state index is -0.726. The van der Waals surface area contributed by atoms with Gasteiger partial charge < -0.3 is 14.5 Å². The molecule has 0 saturated carbocycles. The van der Waals surface area contributed by atoms with E-state index in [1.54, 1.807) is 56.3 Å². The average Bonchev–Trinajstić information content (AvgIpc) is 3.19. The second-order valence-corrected chi connectivity index (χ2v) is 6.30. The van der Waals surface area contributed by atoms with E-state index in [0.29, 0.717) is 22.4 Å². The number of nitrogens with zero attached hydrogens (tertiary/aromatic N) is 1. The fraction of sp³-hybridized carbons (Fsp3) is 0.200. The molecule has 0 saturated heterocycles. The molecule has 3 rings (SSSR count). The summed E-state index contributed by atoms with van der Waals surface area (Å²) in [7, 11) is 0. The molecule has 8 heteroatoms. The van der Waals surface area contributed by atoms with Gasteiger partial charge in [-0.2, -0.15) is 0 Å². The first-order valence-corrected chi connectivity index (χ1v) is 8.65. The first-order valence-electron chi connectivity index (χ1n) is 8.65. The molecule has 28 heavy (non-hydrogen) atoms. The van der Waals surface area contributed by atoms with Crippen molar-refractivity contribution in [2.75, 3.05) is 6.61 Å². The number of carbonyl (C=O) groups excluding carboxylic acids is 3. The number of esters is 1. The van der Waals surface area contributed by atoms with Crippen LogP contribution in [0, 0.1) is 0 Å². The van der Waals surface area contributed by atoms with Crippen LogP contribution in [0.25, 0.3) is 22.4 Å². The smallest absolute Gasteiger partial charge is 0.339 e. The molecule has 0 aliphatic heterocycles. The van der Waals surface area contributed by atoms with Crippen molar-refractivity contribution in [1.29, 1.82) is 0 Å². The zero-order valence-corrected chi connectivity index (χ0v) is 15.4. The Bertz CT molecular complexity index is 1010. The number of ether oxygens (including phenoxy) is 1. The first-order chi connectivity index (χ1) is 13.4. The summed E-state index contributed by atoms with van der Waals surface area (Å²) in [4.78, 5) is 40.4. The van der Waals surface area contributed by atoms with Gasteiger partial charge in [-0.1, -0.05) is 18.2 Å². The number of hydrogen-bond acceptors (Lipinski definition) is 6. The molecule has 0 spiro atoms. The van der Waals surface area contributed by atoms with Gasteiger partial charge in [0.2, 0.25) is 0 Å². The van der Waals surface area contributed by atoms with Gasteiger partial charge in [0.05, 0.1) is 17.3 Å². The number of furan rings is 1. The molecular weight excluding hydrogens is 362 g/mol. The fourth-order valence-corrected chi connectivity index (χ4v) is 2.56. The van der Waals surface area contributed by atoms with E-state index in [4.69, 9.17) is 9.15 Å². The summed E-state index contributed by atoms with van der Waals surface area (Å²) in [6, 6.07) is 11.3. The molecule has 0 radical (unpaired) electrons. The van der Waals surface area contributed by atoms with Crippen LogP contribution in [0.5, 0.6) is 0 Å². The number of hydrogen-bond donors (Lipinski definition) is 2. The van der Waals surface area contributed by atoms with E-state index in [2.05, 4.69) is 15.6 Å². The third-order valence-corrected chi connectivity index (χ3v) is 3.72. The highest BCUT2D eigenvalue weighted by atomic mass is 16.5. The number of fused-ring (bicyclic) bond motifs is 1. The molecule has 0 aliphatic rings. The van der Waals surface area contributed by atoms with Crippen LogP contribution in [0.3, 0.4) is 0 Å². The second kappa shape index (κ2) is 8.34. The SMILES string of the molecule is CC(C)NC(=O)NC(=O)COC(=O)c1cc(-c2ccco2)nc2ccccc12. The van der Waals surface area contributed by atoms with E-state index in [9.17, 15) is 14.4 Å². The second-order valence-electron chi connectivity index (χ2n) is 6.30. The Hall–Kier alpha value is -3.68. The summed E-state index contributed by atoms with van der Waals surface area (Å²) in [6.07, 6.45) is 1.51. The van der Waals surface area contributed by atoms with E-state index in [-0.39, 0.29) is 11.6 Å². The van der Waals surface area contributed by atoms with Crippen molar-refractivity contribution in [1.82, 2.24) is 15.6 Å². The van der Waals surface area contributed by atoms with Crippen LogP contribution in [-0.4, -0.2) is 35.5 Å². The van der Waals surface area contributed by atoms with Crippen LogP contribution >= 0.6 is 0 Å². The predicted octanol–water partition coefficient (Wildman–Crippen LogP) is 2.89. The Morgan fingerprint density at radius 2 is 1.93 bits per heavy atom. The molecule has 3 aromatic rings. The summed E-state index contributed by atoms with van der Waals surface area (Å²) < 4.78 is 10.4. The Morgan fingerprint density at radius 3 is 2.64 bits per heavy atom. The molecule has 0 fully saturated rings. The van der Waals surface area contributed by atoms with E-state index >= 15 is 0 Å². The molecule has 2 aromatic heterocycles. The normalized spacial score (nSPS) is 10.7. The number of carbonyl (C=O) groups is 3. The minimum absolute atomic E-state index is 0.126. The molecule has 0 bridgehead atoms. The van der Waals surface area contributed by atoms with Crippen molar-refractivity contribution < 1.29 is 23.5 Å². The summed E-state index contributed by atoms with van der Waals surface area (Å²) in [5.74, 6) is -0.926. The number of para-hydroxylation sites is 1. The Kier molecular flexibility index (Phi) is 5.69. The van der Waals surface area contributed by atoms with Gasteiger partial charge in [-0.05, 0) is 38.1 Å². The number of benzene rings is 1. The van der Waals surface area contributed by atoms with Crippen LogP contribution < -0.4 is 10.6 Å². The van der Waals surface area contributed by atoms with Gasteiger partial charge >= 0.3 is 12.0 Å². The maximum Gasteiger partial charge on any atom is 0.339 e. The molecule has 0 aliphatic carbocycles. The lowest BCUT2D eigenvalue weighted by Crippen LogP contribution is -2.44. The van der Waals surface area contributed by atoms with Crippen molar-refractivity contribution in [3.05, 3.63) is 54.3 Å². The number of imide groups is 1. The Balaban J connectivity index is 1.77. The van der Waals surface area contributed by atoms with E-state index in [1.165, 1.54) is 6.26 Å². The van der Waals surface area contributed by atoms with Gasteiger partial charge in [-0.3, -0.25) is 10.1 Å². The quantitative estimate of drug-likeness (QED) is 0.658. The zero-order valence-electron chi connectivity index (χ0n) is 15.4. The van der Waals surface area contributed by atoms with Crippen molar-refractivity contribution in [2.45, 2.75) is 19.9 Å². The lowest BCUT2D eigenvalue weighted by Gasteiger charge is -2.10. The molecule has 144 valence electrons. The average molecular weight is 381 g/mol. The standard InChI is InChI=1S/C20H19N3O5/c1-12(2)21-20(26)23-18(24)11-28-19(25)14-10-16(17-8-5-9-27-17)22-15-7-4-3-6-13(14)15/h3-10,12H,11H2,1-2H3,(H2,21,23,24,26). The number of amides is 3. The van der Waals surface area contributed by atoms with Crippen LogP contribution in [-0.2, 0) is 9.53 Å². The molecule has 2 N–H and O–H groups in total. The number of nitrogens with one attached hydrogen (secondary N) is 2. The third-order valence-electron chi connectivity index (χ3n) is 3.72. The molecular formula is C20H19N3O5. The highest BCUT2D eigenvalue weighted by molar-refractivity contribution is 6.05. The molecule has 0 atom stereocenters. The predicted molar refractivity (Wildman–Crippen MR) is 102 cm³/mol. The highest BCUT2D eigenvalue weighted by Gasteiger charge is 2.18. The van der Waals surface area contributed by atoms with Crippen molar-refractivity contribution in [3.63, 3.8) is 0 Å². The third kappa shape index (κ3) is 4.53.